The van der Waals surface area contributed by atoms with E-state index in [2.05, 4.69) is 0 Å². The van der Waals surface area contributed by atoms with Crippen LogP contribution in [0.4, 0.5) is 18.9 Å². The van der Waals surface area contributed by atoms with Gasteiger partial charge >= 0.3 is 6.18 Å². The lowest BCUT2D eigenvalue weighted by atomic mass is 10.1. The number of hydrogen-bond donors (Lipinski definition) is 0. The number of alkyl halides is 3. The van der Waals surface area contributed by atoms with Gasteiger partial charge in [0.15, 0.2) is 11.5 Å². The maximum Gasteiger partial charge on any atom is 0.406 e. The molecular formula is C20H27F3N2O6. The highest BCUT2D eigenvalue weighted by atomic mass is 19.4. The number of carbonyl (C=O) groups is 2. The van der Waals surface area contributed by atoms with Crippen LogP contribution >= 0.6 is 0 Å². The molecule has 1 aromatic rings. The van der Waals surface area contributed by atoms with Crippen LogP contribution in [0.3, 0.4) is 0 Å². The van der Waals surface area contributed by atoms with Crippen LogP contribution in [0.15, 0.2) is 12.1 Å². The summed E-state index contributed by atoms with van der Waals surface area (Å²) in [4.78, 5) is 27.6. The van der Waals surface area contributed by atoms with E-state index in [1.54, 1.807) is 12.1 Å². The number of hydrogen-bond acceptors (Lipinski definition) is 6. The molecule has 0 aliphatic carbocycles. The summed E-state index contributed by atoms with van der Waals surface area (Å²) in [6.07, 6.45) is -4.78. The van der Waals surface area contributed by atoms with Gasteiger partial charge in [-0.05, 0) is 6.92 Å². The van der Waals surface area contributed by atoms with E-state index < -0.39 is 30.6 Å². The third kappa shape index (κ3) is 5.72. The molecule has 0 radical (unpaired) electrons. The predicted octanol–water partition coefficient (Wildman–Crippen LogP) is 2.49. The first-order valence-electron chi connectivity index (χ1n) is 9.52. The molecule has 1 heterocycles. The topological polar surface area (TPSA) is 77.5 Å². The number of amides is 2. The van der Waals surface area contributed by atoms with Gasteiger partial charge in [0.05, 0.1) is 45.6 Å². The highest BCUT2D eigenvalue weighted by molar-refractivity contribution is 6.00. The maximum atomic E-state index is 13.1. The van der Waals surface area contributed by atoms with Crippen molar-refractivity contribution in [2.45, 2.75) is 25.6 Å². The number of benzene rings is 1. The van der Waals surface area contributed by atoms with E-state index in [0.717, 1.165) is 4.90 Å². The Labute approximate surface area is 178 Å². The minimum atomic E-state index is -4.57. The zero-order valence-electron chi connectivity index (χ0n) is 18.1. The molecule has 8 nitrogen and oxygen atoms in total. The SMILES string of the molecule is COCC(C)N(CC(F)(F)F)C(=O)C1CC(=O)N(c2cc(OC)c(OC)c(OC)c2)C1. The van der Waals surface area contributed by atoms with Crippen molar-refractivity contribution < 1.29 is 41.7 Å². The number of carbonyl (C=O) groups excluding carboxylic acids is 2. The number of halogens is 3. The minimum Gasteiger partial charge on any atom is -0.493 e. The minimum absolute atomic E-state index is 0.0565. The summed E-state index contributed by atoms with van der Waals surface area (Å²) < 4.78 is 59.9. The molecule has 1 aliphatic heterocycles. The molecule has 0 N–H and O–H groups in total. The van der Waals surface area contributed by atoms with Gasteiger partial charge in [-0.1, -0.05) is 0 Å². The maximum absolute atomic E-state index is 13.1. The monoisotopic (exact) mass is 448 g/mol. The average molecular weight is 448 g/mol. The summed E-state index contributed by atoms with van der Waals surface area (Å²) in [6, 6.07) is 2.30. The predicted molar refractivity (Wildman–Crippen MR) is 106 cm³/mol. The van der Waals surface area contributed by atoms with E-state index >= 15 is 0 Å². The van der Waals surface area contributed by atoms with Crippen LogP contribution < -0.4 is 19.1 Å². The molecular weight excluding hydrogens is 421 g/mol. The first-order chi connectivity index (χ1) is 14.6. The van der Waals surface area contributed by atoms with Crippen molar-refractivity contribution in [1.82, 2.24) is 4.90 Å². The second kappa shape index (κ2) is 10.1. The molecule has 0 bridgehead atoms. The fourth-order valence-corrected chi connectivity index (χ4v) is 3.56. The molecule has 1 aliphatic rings. The second-order valence-corrected chi connectivity index (χ2v) is 7.17. The van der Waals surface area contributed by atoms with Gasteiger partial charge in [0.25, 0.3) is 0 Å². The zero-order chi connectivity index (χ0) is 23.3. The summed E-state index contributed by atoms with van der Waals surface area (Å²) in [7, 11) is 5.63. The van der Waals surface area contributed by atoms with Gasteiger partial charge in [0.2, 0.25) is 17.6 Å². The van der Waals surface area contributed by atoms with Crippen molar-refractivity contribution >= 4 is 17.5 Å². The van der Waals surface area contributed by atoms with Gasteiger partial charge in [-0.15, -0.1) is 0 Å². The third-order valence-corrected chi connectivity index (χ3v) is 5.01. The summed E-state index contributed by atoms with van der Waals surface area (Å²) in [5.74, 6) is -1.10. The Morgan fingerprint density at radius 3 is 2.19 bits per heavy atom. The standard InChI is InChI=1S/C20H27F3N2O6/c1-12(10-28-2)25(11-20(21,22)23)19(27)13-6-17(26)24(9-13)14-7-15(29-3)18(31-5)16(8-14)30-4/h7-8,12-13H,6,9-11H2,1-5H3. The molecule has 2 amide bonds. The van der Waals surface area contributed by atoms with E-state index in [1.165, 1.54) is 40.3 Å². The lowest BCUT2D eigenvalue weighted by molar-refractivity contribution is -0.169. The smallest absolute Gasteiger partial charge is 0.406 e. The fraction of sp³-hybridized carbons (Fsp3) is 0.600. The Hall–Kier alpha value is -2.69. The Morgan fingerprint density at radius 2 is 1.74 bits per heavy atom. The lowest BCUT2D eigenvalue weighted by Crippen LogP contribution is -2.49. The Balaban J connectivity index is 2.30. The molecule has 2 atom stereocenters. The molecule has 0 spiro atoms. The molecule has 174 valence electrons. The van der Waals surface area contributed by atoms with Crippen molar-refractivity contribution in [3.8, 4) is 17.2 Å². The summed E-state index contributed by atoms with van der Waals surface area (Å²) in [5.41, 5.74) is 0.391. The van der Waals surface area contributed by atoms with E-state index in [1.807, 2.05) is 0 Å². The summed E-state index contributed by atoms with van der Waals surface area (Å²) in [5, 5.41) is 0. The molecule has 0 saturated carbocycles. The number of rotatable bonds is 9. The van der Waals surface area contributed by atoms with E-state index in [9.17, 15) is 22.8 Å². The Bertz CT molecular complexity index is 777. The van der Waals surface area contributed by atoms with Gasteiger partial charge in [-0.25, -0.2) is 0 Å². The third-order valence-electron chi connectivity index (χ3n) is 5.01. The number of nitrogens with zero attached hydrogens (tertiary/aromatic N) is 2. The van der Waals surface area contributed by atoms with E-state index in [4.69, 9.17) is 18.9 Å². The van der Waals surface area contributed by atoms with Crippen LogP contribution in [0, 0.1) is 5.92 Å². The quantitative estimate of drug-likeness (QED) is 0.578. The molecule has 31 heavy (non-hydrogen) atoms. The van der Waals surface area contributed by atoms with E-state index in [0.29, 0.717) is 22.9 Å². The number of ether oxygens (including phenoxy) is 4. The first kappa shape index (κ1) is 24.6. The summed E-state index contributed by atoms with van der Waals surface area (Å²) in [6.45, 7) is -0.0600. The van der Waals surface area contributed by atoms with Gasteiger partial charge < -0.3 is 28.7 Å². The van der Waals surface area contributed by atoms with Gasteiger partial charge in [0, 0.05) is 32.2 Å². The second-order valence-electron chi connectivity index (χ2n) is 7.17. The van der Waals surface area contributed by atoms with Crippen LogP contribution in [0.2, 0.25) is 0 Å². The molecule has 1 aromatic carbocycles. The largest absolute Gasteiger partial charge is 0.493 e. The van der Waals surface area contributed by atoms with Crippen LogP contribution in [-0.2, 0) is 14.3 Å². The highest BCUT2D eigenvalue weighted by Gasteiger charge is 2.42. The molecule has 0 aromatic heterocycles. The van der Waals surface area contributed by atoms with Crippen molar-refractivity contribution in [3.05, 3.63) is 12.1 Å². The van der Waals surface area contributed by atoms with E-state index in [-0.39, 0.29) is 25.5 Å². The fourth-order valence-electron chi connectivity index (χ4n) is 3.56. The van der Waals surface area contributed by atoms with Crippen LogP contribution in [-0.4, -0.2) is 77.1 Å². The van der Waals surface area contributed by atoms with Gasteiger partial charge in [0.1, 0.15) is 6.54 Å². The number of methoxy groups -OCH3 is 4. The van der Waals surface area contributed by atoms with Gasteiger partial charge in [-0.3, -0.25) is 9.59 Å². The lowest BCUT2D eigenvalue weighted by Gasteiger charge is -2.31. The average Bonchev–Trinajstić information content (AvgIpc) is 3.11. The molecule has 1 saturated heterocycles. The summed E-state index contributed by atoms with van der Waals surface area (Å²) >= 11 is 0. The highest BCUT2D eigenvalue weighted by Crippen LogP contribution is 2.42. The molecule has 11 heteroatoms. The Morgan fingerprint density at radius 1 is 1.16 bits per heavy atom. The molecule has 1 fully saturated rings. The number of anilines is 1. The van der Waals surface area contributed by atoms with Crippen molar-refractivity contribution in [1.29, 1.82) is 0 Å². The van der Waals surface area contributed by atoms with Crippen LogP contribution in [0.5, 0.6) is 17.2 Å². The van der Waals surface area contributed by atoms with Crippen molar-refractivity contribution in [3.63, 3.8) is 0 Å². The van der Waals surface area contributed by atoms with Crippen molar-refractivity contribution in [2.75, 3.05) is 53.0 Å². The van der Waals surface area contributed by atoms with Gasteiger partial charge in [-0.2, -0.15) is 13.2 Å². The van der Waals surface area contributed by atoms with Crippen LogP contribution in [0.1, 0.15) is 13.3 Å². The first-order valence-corrected chi connectivity index (χ1v) is 9.52. The molecule has 2 unspecified atom stereocenters. The van der Waals surface area contributed by atoms with Crippen molar-refractivity contribution in [2.24, 2.45) is 5.92 Å². The normalized spacial score (nSPS) is 17.5. The Kier molecular flexibility index (Phi) is 7.99. The zero-order valence-corrected chi connectivity index (χ0v) is 18.1. The molecule has 2 rings (SSSR count). The van der Waals surface area contributed by atoms with Crippen LogP contribution in [0.25, 0.3) is 0 Å².